The van der Waals surface area contributed by atoms with Crippen LogP contribution in [-0.2, 0) is 0 Å². The number of halogens is 3. The smallest absolute Gasteiger partial charge is 0.329 e. The molecule has 0 saturated heterocycles. The summed E-state index contributed by atoms with van der Waals surface area (Å²) in [5.74, 6) is 0. The molecule has 0 radical (unpaired) electrons. The van der Waals surface area contributed by atoms with Crippen molar-refractivity contribution in [3.63, 3.8) is 0 Å². The molecule has 1 atom stereocenters. The second kappa shape index (κ2) is 5.16. The van der Waals surface area contributed by atoms with Crippen LogP contribution in [0.15, 0.2) is 0 Å². The van der Waals surface area contributed by atoms with Gasteiger partial charge in [-0.05, 0) is 19.9 Å². The molecule has 0 aromatic rings. The minimum absolute atomic E-state index is 0.0499. The van der Waals surface area contributed by atoms with Gasteiger partial charge in [0.2, 0.25) is 0 Å². The largest absolute Gasteiger partial charge is 0.405 e. The third-order valence-corrected chi connectivity index (χ3v) is 3.24. The Bertz CT molecular complexity index is 188. The summed E-state index contributed by atoms with van der Waals surface area (Å²) in [6.07, 6.45) is 0.727. The quantitative estimate of drug-likeness (QED) is 0.795. The van der Waals surface area contributed by atoms with Gasteiger partial charge in [0, 0.05) is 12.6 Å². The molecule has 1 aliphatic carbocycles. The van der Waals surface area contributed by atoms with Crippen LogP contribution in [0.5, 0.6) is 0 Å². The number of nitrogens with two attached hydrogens (primary N) is 1. The lowest BCUT2D eigenvalue weighted by molar-refractivity contribution is -0.184. The maximum absolute atomic E-state index is 12.6. The molecule has 0 aromatic carbocycles. The van der Waals surface area contributed by atoms with E-state index in [1.165, 1.54) is 4.90 Å². The van der Waals surface area contributed by atoms with Gasteiger partial charge in [0.25, 0.3) is 0 Å². The predicted octanol–water partition coefficient (Wildman–Crippen LogP) is 2.14. The van der Waals surface area contributed by atoms with Crippen molar-refractivity contribution in [2.75, 3.05) is 13.6 Å². The van der Waals surface area contributed by atoms with E-state index in [2.05, 4.69) is 0 Å². The topological polar surface area (TPSA) is 29.3 Å². The fraction of sp³-hybridized carbons (Fsp3) is 1.00. The molecule has 1 unspecified atom stereocenters. The molecule has 1 aliphatic rings. The lowest BCUT2D eigenvalue weighted by Gasteiger charge is -2.37. The summed E-state index contributed by atoms with van der Waals surface area (Å²) in [6.45, 7) is -0.351. The molecular formula is C10H19F3N2. The molecule has 1 fully saturated rings. The van der Waals surface area contributed by atoms with Gasteiger partial charge in [0.1, 0.15) is 6.04 Å². The molecule has 0 aliphatic heterocycles. The summed E-state index contributed by atoms with van der Waals surface area (Å²) in [5, 5.41) is 0. The van der Waals surface area contributed by atoms with Gasteiger partial charge in [-0.15, -0.1) is 0 Å². The normalized spacial score (nSPS) is 22.0. The zero-order valence-electron chi connectivity index (χ0n) is 9.06. The highest BCUT2D eigenvalue weighted by Gasteiger charge is 2.43. The summed E-state index contributed by atoms with van der Waals surface area (Å²) in [7, 11) is 1.54. The van der Waals surface area contributed by atoms with Crippen LogP contribution >= 0.6 is 0 Å². The maximum Gasteiger partial charge on any atom is 0.405 e. The first-order valence-corrected chi connectivity index (χ1v) is 5.45. The van der Waals surface area contributed by atoms with E-state index in [0.29, 0.717) is 0 Å². The minimum Gasteiger partial charge on any atom is -0.329 e. The predicted molar refractivity (Wildman–Crippen MR) is 53.5 cm³/mol. The van der Waals surface area contributed by atoms with Crippen molar-refractivity contribution in [2.45, 2.75) is 50.4 Å². The van der Waals surface area contributed by atoms with E-state index < -0.39 is 12.2 Å². The third kappa shape index (κ3) is 3.34. The Kier molecular flexibility index (Phi) is 4.40. The molecular weight excluding hydrogens is 205 g/mol. The van der Waals surface area contributed by atoms with Gasteiger partial charge in [0.15, 0.2) is 0 Å². The van der Waals surface area contributed by atoms with Gasteiger partial charge in [-0.2, -0.15) is 13.2 Å². The summed E-state index contributed by atoms with van der Waals surface area (Å²) >= 11 is 0. The van der Waals surface area contributed by atoms with Crippen molar-refractivity contribution < 1.29 is 13.2 Å². The van der Waals surface area contributed by atoms with Gasteiger partial charge < -0.3 is 5.73 Å². The molecule has 1 saturated carbocycles. The first-order valence-electron chi connectivity index (χ1n) is 5.45. The van der Waals surface area contributed by atoms with Crippen molar-refractivity contribution in [1.82, 2.24) is 4.90 Å². The van der Waals surface area contributed by atoms with E-state index >= 15 is 0 Å². The summed E-state index contributed by atoms with van der Waals surface area (Å²) < 4.78 is 37.8. The highest BCUT2D eigenvalue weighted by Crippen LogP contribution is 2.29. The Hall–Kier alpha value is -0.290. The summed E-state index contributed by atoms with van der Waals surface area (Å²) in [5.41, 5.74) is 5.20. The first kappa shape index (κ1) is 12.8. The molecule has 2 nitrogen and oxygen atoms in total. The fourth-order valence-corrected chi connectivity index (χ4v) is 2.27. The van der Waals surface area contributed by atoms with Gasteiger partial charge >= 0.3 is 6.18 Å². The van der Waals surface area contributed by atoms with Crippen LogP contribution in [0.2, 0.25) is 0 Å². The number of hydrogen-bond donors (Lipinski definition) is 1. The van der Waals surface area contributed by atoms with E-state index in [4.69, 9.17) is 5.73 Å². The van der Waals surface area contributed by atoms with Gasteiger partial charge in [-0.25, -0.2) is 0 Å². The van der Waals surface area contributed by atoms with Crippen LogP contribution in [0.3, 0.4) is 0 Å². The Balaban J connectivity index is 2.59. The average Bonchev–Trinajstić information content (AvgIpc) is 2.18. The standard InChI is InChI=1S/C10H19F3N2/c1-15(8-5-3-2-4-6-8)9(7-14)10(11,12)13/h8-9H,2-7,14H2,1H3. The molecule has 0 aromatic heterocycles. The van der Waals surface area contributed by atoms with Crippen molar-refractivity contribution in [1.29, 1.82) is 0 Å². The molecule has 15 heavy (non-hydrogen) atoms. The number of alkyl halides is 3. The van der Waals surface area contributed by atoms with Crippen LogP contribution in [0, 0.1) is 0 Å². The first-order chi connectivity index (χ1) is 6.96. The van der Waals surface area contributed by atoms with Crippen molar-refractivity contribution >= 4 is 0 Å². The van der Waals surface area contributed by atoms with Crippen molar-refractivity contribution in [3.8, 4) is 0 Å². The molecule has 0 spiro atoms. The van der Waals surface area contributed by atoms with Gasteiger partial charge in [-0.3, -0.25) is 4.90 Å². The zero-order chi connectivity index (χ0) is 11.5. The van der Waals surface area contributed by atoms with Gasteiger partial charge in [-0.1, -0.05) is 19.3 Å². The molecule has 0 heterocycles. The third-order valence-electron chi connectivity index (χ3n) is 3.24. The van der Waals surface area contributed by atoms with Crippen molar-refractivity contribution in [3.05, 3.63) is 0 Å². The second-order valence-electron chi connectivity index (χ2n) is 4.25. The lowest BCUT2D eigenvalue weighted by atomic mass is 9.93. The molecule has 0 bridgehead atoms. The van der Waals surface area contributed by atoms with Crippen LogP contribution in [0.1, 0.15) is 32.1 Å². The Morgan fingerprint density at radius 2 is 1.80 bits per heavy atom. The number of rotatable bonds is 3. The molecule has 0 amide bonds. The van der Waals surface area contributed by atoms with Crippen LogP contribution in [-0.4, -0.2) is 36.8 Å². The minimum atomic E-state index is -4.21. The monoisotopic (exact) mass is 224 g/mol. The molecule has 5 heteroatoms. The number of hydrogen-bond acceptors (Lipinski definition) is 2. The van der Waals surface area contributed by atoms with E-state index in [1.807, 2.05) is 0 Å². The van der Waals surface area contributed by atoms with Gasteiger partial charge in [0.05, 0.1) is 0 Å². The highest BCUT2D eigenvalue weighted by molar-refractivity contribution is 4.84. The van der Waals surface area contributed by atoms with E-state index in [-0.39, 0.29) is 12.6 Å². The molecule has 90 valence electrons. The van der Waals surface area contributed by atoms with Crippen LogP contribution < -0.4 is 5.73 Å². The van der Waals surface area contributed by atoms with E-state index in [0.717, 1.165) is 32.1 Å². The summed E-state index contributed by atoms with van der Waals surface area (Å²) in [4.78, 5) is 1.42. The average molecular weight is 224 g/mol. The maximum atomic E-state index is 12.6. The zero-order valence-corrected chi connectivity index (χ0v) is 9.06. The second-order valence-corrected chi connectivity index (χ2v) is 4.25. The summed E-state index contributed by atoms with van der Waals surface area (Å²) in [6, 6.07) is -1.44. The van der Waals surface area contributed by atoms with E-state index in [1.54, 1.807) is 7.05 Å². The Labute approximate surface area is 88.6 Å². The Morgan fingerprint density at radius 3 is 2.20 bits per heavy atom. The van der Waals surface area contributed by atoms with E-state index in [9.17, 15) is 13.2 Å². The van der Waals surface area contributed by atoms with Crippen LogP contribution in [0.25, 0.3) is 0 Å². The van der Waals surface area contributed by atoms with Crippen LogP contribution in [0.4, 0.5) is 13.2 Å². The Morgan fingerprint density at radius 1 is 1.27 bits per heavy atom. The van der Waals surface area contributed by atoms with Crippen molar-refractivity contribution in [2.24, 2.45) is 5.73 Å². The SMILES string of the molecule is CN(C1CCCCC1)C(CN)C(F)(F)F. The fourth-order valence-electron chi connectivity index (χ4n) is 2.27. The lowest BCUT2D eigenvalue weighted by Crippen LogP contribution is -2.52. The molecule has 2 N–H and O–H groups in total. The number of nitrogens with zero attached hydrogens (tertiary/aromatic N) is 1. The highest BCUT2D eigenvalue weighted by atomic mass is 19.4. The number of likely N-dealkylation sites (N-methyl/N-ethyl adjacent to an activating group) is 1. The molecule has 1 rings (SSSR count).